The first-order chi connectivity index (χ1) is 13.8. The normalized spacial score (nSPS) is 10.9. The van der Waals surface area contributed by atoms with Gasteiger partial charge in [0.2, 0.25) is 5.91 Å². The van der Waals surface area contributed by atoms with Crippen LogP contribution in [0, 0.1) is 6.92 Å². The van der Waals surface area contributed by atoms with Crippen LogP contribution in [-0.4, -0.2) is 38.3 Å². The number of nitrogens with zero attached hydrogens (tertiary/aromatic N) is 3. The molecule has 0 unspecified atom stereocenters. The lowest BCUT2D eigenvalue weighted by Gasteiger charge is -2.13. The van der Waals surface area contributed by atoms with Crippen LogP contribution in [-0.2, 0) is 4.79 Å². The van der Waals surface area contributed by atoms with Crippen LogP contribution in [0.3, 0.4) is 0 Å². The number of benzene rings is 1. The Hall–Kier alpha value is -3.20. The summed E-state index contributed by atoms with van der Waals surface area (Å²) in [5.41, 5.74) is 1.20. The van der Waals surface area contributed by atoms with Crippen LogP contribution in [0.4, 0.5) is 4.79 Å². The smallest absolute Gasteiger partial charge is 0.321 e. The van der Waals surface area contributed by atoms with Gasteiger partial charge in [-0.05, 0) is 50.6 Å². The third-order valence-electron chi connectivity index (χ3n) is 3.88. The summed E-state index contributed by atoms with van der Waals surface area (Å²) in [5, 5.41) is 5.63. The average Bonchev–Trinajstić information content (AvgIpc) is 2.65. The van der Waals surface area contributed by atoms with Gasteiger partial charge in [0.25, 0.3) is 5.56 Å². The summed E-state index contributed by atoms with van der Waals surface area (Å²) in [4.78, 5) is 45.8. The standard InChI is InChI=1S/C20H21N5O3S/c1-12(2)22-19(28)24-17(26)11-29-20-23-15-7-5-4-6-14(15)18(27)25(20)16-10-13(3)8-9-21-16/h4-10,12H,11H2,1-3H3,(H2,22,24,26,28). The lowest BCUT2D eigenvalue weighted by atomic mass is 10.2. The van der Waals surface area contributed by atoms with Crippen LogP contribution in [0.1, 0.15) is 19.4 Å². The third-order valence-corrected chi connectivity index (χ3v) is 4.82. The first kappa shape index (κ1) is 20.5. The molecule has 0 bridgehead atoms. The summed E-state index contributed by atoms with van der Waals surface area (Å²) >= 11 is 1.07. The zero-order chi connectivity index (χ0) is 21.0. The molecule has 150 valence electrons. The molecule has 1 aromatic carbocycles. The number of aryl methyl sites for hydroxylation is 1. The van der Waals surface area contributed by atoms with Crippen molar-refractivity contribution >= 4 is 34.6 Å². The molecule has 0 spiro atoms. The topological polar surface area (TPSA) is 106 Å². The Labute approximate surface area is 171 Å². The van der Waals surface area contributed by atoms with Crippen LogP contribution in [0.5, 0.6) is 0 Å². The van der Waals surface area contributed by atoms with Gasteiger partial charge < -0.3 is 5.32 Å². The summed E-state index contributed by atoms with van der Waals surface area (Å²) in [5.74, 6) is -0.143. The molecular formula is C20H21N5O3S. The zero-order valence-electron chi connectivity index (χ0n) is 16.3. The largest absolute Gasteiger partial charge is 0.336 e. The van der Waals surface area contributed by atoms with Gasteiger partial charge in [-0.1, -0.05) is 23.9 Å². The van der Waals surface area contributed by atoms with Gasteiger partial charge in [-0.25, -0.2) is 19.3 Å². The number of amides is 3. The van der Waals surface area contributed by atoms with Crippen LogP contribution in [0.15, 0.2) is 52.5 Å². The fourth-order valence-electron chi connectivity index (χ4n) is 2.64. The number of rotatable bonds is 5. The first-order valence-corrected chi connectivity index (χ1v) is 10.0. The predicted octanol–water partition coefficient (Wildman–Crippen LogP) is 2.42. The van der Waals surface area contributed by atoms with E-state index in [1.54, 1.807) is 50.4 Å². The number of para-hydroxylation sites is 1. The maximum absolute atomic E-state index is 13.1. The molecule has 0 radical (unpaired) electrons. The molecule has 8 nitrogen and oxygen atoms in total. The number of imide groups is 1. The highest BCUT2D eigenvalue weighted by molar-refractivity contribution is 7.99. The summed E-state index contributed by atoms with van der Waals surface area (Å²) in [6.07, 6.45) is 1.61. The second-order valence-electron chi connectivity index (χ2n) is 6.71. The number of carbonyl (C=O) groups excluding carboxylic acids is 2. The molecule has 2 heterocycles. The summed E-state index contributed by atoms with van der Waals surface area (Å²) in [6.45, 7) is 5.50. The number of pyridine rings is 1. The van der Waals surface area contributed by atoms with Crippen molar-refractivity contribution in [3.8, 4) is 5.82 Å². The molecule has 2 N–H and O–H groups in total. The van der Waals surface area contributed by atoms with E-state index in [9.17, 15) is 14.4 Å². The lowest BCUT2D eigenvalue weighted by molar-refractivity contribution is -0.117. The highest BCUT2D eigenvalue weighted by atomic mass is 32.2. The van der Waals surface area contributed by atoms with Crippen molar-refractivity contribution in [3.63, 3.8) is 0 Å². The molecule has 3 rings (SSSR count). The van der Waals surface area contributed by atoms with Crippen molar-refractivity contribution in [2.45, 2.75) is 32.0 Å². The number of urea groups is 1. The number of fused-ring (bicyclic) bond motifs is 1. The van der Waals surface area contributed by atoms with Gasteiger partial charge in [0, 0.05) is 12.2 Å². The Bertz CT molecular complexity index is 1130. The van der Waals surface area contributed by atoms with Crippen molar-refractivity contribution in [1.82, 2.24) is 25.2 Å². The number of nitrogens with one attached hydrogen (secondary N) is 2. The molecule has 3 amide bonds. The van der Waals surface area contributed by atoms with Gasteiger partial charge in [0.05, 0.1) is 16.7 Å². The molecule has 3 aromatic rings. The van der Waals surface area contributed by atoms with Crippen LogP contribution in [0.25, 0.3) is 16.7 Å². The van der Waals surface area contributed by atoms with Gasteiger partial charge in [0.15, 0.2) is 5.16 Å². The molecule has 0 atom stereocenters. The Kier molecular flexibility index (Phi) is 6.28. The number of hydrogen-bond acceptors (Lipinski definition) is 6. The van der Waals surface area contributed by atoms with E-state index in [4.69, 9.17) is 0 Å². The molecule has 0 aliphatic carbocycles. The van der Waals surface area contributed by atoms with E-state index < -0.39 is 11.9 Å². The fraction of sp³-hybridized carbons (Fsp3) is 0.250. The Balaban J connectivity index is 1.94. The summed E-state index contributed by atoms with van der Waals surface area (Å²) in [7, 11) is 0. The van der Waals surface area contributed by atoms with Crippen LogP contribution < -0.4 is 16.2 Å². The number of carbonyl (C=O) groups is 2. The van der Waals surface area contributed by atoms with E-state index in [1.807, 2.05) is 13.0 Å². The number of thioether (sulfide) groups is 1. The average molecular weight is 411 g/mol. The van der Waals surface area contributed by atoms with E-state index in [-0.39, 0.29) is 17.4 Å². The Morgan fingerprint density at radius 3 is 2.69 bits per heavy atom. The quantitative estimate of drug-likeness (QED) is 0.493. The van der Waals surface area contributed by atoms with E-state index in [0.717, 1.165) is 17.3 Å². The van der Waals surface area contributed by atoms with Crippen molar-refractivity contribution in [2.75, 3.05) is 5.75 Å². The molecule has 2 aromatic heterocycles. The fourth-order valence-corrected chi connectivity index (χ4v) is 3.45. The summed E-state index contributed by atoms with van der Waals surface area (Å²) in [6, 6.07) is 9.97. The molecule has 0 fully saturated rings. The van der Waals surface area contributed by atoms with Crippen LogP contribution in [0.2, 0.25) is 0 Å². The highest BCUT2D eigenvalue weighted by Gasteiger charge is 2.16. The molecule has 0 aliphatic heterocycles. The minimum Gasteiger partial charge on any atom is -0.336 e. The molecule has 0 saturated carbocycles. The highest BCUT2D eigenvalue weighted by Crippen LogP contribution is 2.20. The van der Waals surface area contributed by atoms with Gasteiger partial charge in [-0.2, -0.15) is 0 Å². The van der Waals surface area contributed by atoms with E-state index in [1.165, 1.54) is 4.57 Å². The van der Waals surface area contributed by atoms with Gasteiger partial charge in [0.1, 0.15) is 5.82 Å². The number of hydrogen-bond donors (Lipinski definition) is 2. The van der Waals surface area contributed by atoms with Gasteiger partial charge in [-0.15, -0.1) is 0 Å². The Morgan fingerprint density at radius 2 is 1.97 bits per heavy atom. The second kappa shape index (κ2) is 8.87. The molecule has 0 aliphatic rings. The van der Waals surface area contributed by atoms with Gasteiger partial charge >= 0.3 is 6.03 Å². The van der Waals surface area contributed by atoms with E-state index >= 15 is 0 Å². The Morgan fingerprint density at radius 1 is 1.21 bits per heavy atom. The van der Waals surface area contributed by atoms with E-state index in [2.05, 4.69) is 20.6 Å². The van der Waals surface area contributed by atoms with Gasteiger partial charge in [-0.3, -0.25) is 14.9 Å². The molecule has 29 heavy (non-hydrogen) atoms. The van der Waals surface area contributed by atoms with Crippen molar-refractivity contribution in [1.29, 1.82) is 0 Å². The predicted molar refractivity (Wildman–Crippen MR) is 112 cm³/mol. The maximum atomic E-state index is 13.1. The van der Waals surface area contributed by atoms with Crippen molar-refractivity contribution in [2.24, 2.45) is 0 Å². The maximum Gasteiger partial charge on any atom is 0.321 e. The van der Waals surface area contributed by atoms with Crippen LogP contribution >= 0.6 is 11.8 Å². The van der Waals surface area contributed by atoms with Crippen molar-refractivity contribution < 1.29 is 9.59 Å². The second-order valence-corrected chi connectivity index (χ2v) is 7.65. The molecule has 9 heteroatoms. The number of aromatic nitrogens is 3. The van der Waals surface area contributed by atoms with Crippen molar-refractivity contribution in [3.05, 3.63) is 58.5 Å². The van der Waals surface area contributed by atoms with E-state index in [0.29, 0.717) is 21.9 Å². The molecular weight excluding hydrogens is 390 g/mol. The minimum absolute atomic E-state index is 0.0812. The zero-order valence-corrected chi connectivity index (χ0v) is 17.1. The molecule has 0 saturated heterocycles. The lowest BCUT2D eigenvalue weighted by Crippen LogP contribution is -2.43. The first-order valence-electron chi connectivity index (χ1n) is 9.03. The third kappa shape index (κ3) is 5.00. The SMILES string of the molecule is Cc1ccnc(-n2c(SCC(=O)NC(=O)NC(C)C)nc3ccccc3c2=O)c1. The minimum atomic E-state index is -0.560. The monoisotopic (exact) mass is 411 g/mol. The summed E-state index contributed by atoms with van der Waals surface area (Å²) < 4.78 is 1.39.